The molecule has 0 heterocycles. The number of methoxy groups -OCH3 is 1. The lowest BCUT2D eigenvalue weighted by molar-refractivity contribution is 0.102. The van der Waals surface area contributed by atoms with Gasteiger partial charge in [0.15, 0.2) is 11.5 Å². The maximum atomic E-state index is 12.7. The van der Waals surface area contributed by atoms with Gasteiger partial charge < -0.3 is 14.8 Å². The molecular weight excluding hydrogens is 328 g/mol. The van der Waals surface area contributed by atoms with Crippen molar-refractivity contribution in [1.82, 2.24) is 0 Å². The molecule has 1 amide bonds. The number of carbonyl (C=O) groups is 1. The maximum absolute atomic E-state index is 12.7. The van der Waals surface area contributed by atoms with Gasteiger partial charge in [-0.25, -0.2) is 0 Å². The van der Waals surface area contributed by atoms with E-state index in [2.05, 4.69) is 5.32 Å². The quantitative estimate of drug-likeness (QED) is 0.883. The normalized spacial score (nSPS) is 9.96. The molecule has 1 N–H and O–H groups in total. The third-order valence-electron chi connectivity index (χ3n) is 3.45. The van der Waals surface area contributed by atoms with E-state index in [-0.39, 0.29) is 5.56 Å². The van der Waals surface area contributed by atoms with E-state index >= 15 is 0 Å². The average Bonchev–Trinajstić information content (AvgIpc) is 2.59. The van der Waals surface area contributed by atoms with Crippen LogP contribution in [-0.4, -0.2) is 19.6 Å². The van der Waals surface area contributed by atoms with Crippen molar-refractivity contribution < 1.29 is 14.3 Å². The van der Waals surface area contributed by atoms with Gasteiger partial charge >= 0.3 is 0 Å². The third kappa shape index (κ3) is 3.61. The van der Waals surface area contributed by atoms with Crippen LogP contribution in [-0.2, 0) is 0 Å². The molecule has 2 rings (SSSR count). The first kappa shape index (κ1) is 17.6. The molecular formula is C18H17ClN2O3. The van der Waals surface area contributed by atoms with Gasteiger partial charge in [-0.05, 0) is 37.6 Å². The van der Waals surface area contributed by atoms with Crippen LogP contribution >= 0.6 is 11.6 Å². The van der Waals surface area contributed by atoms with E-state index in [0.29, 0.717) is 34.4 Å². The predicted molar refractivity (Wildman–Crippen MR) is 93.0 cm³/mol. The van der Waals surface area contributed by atoms with Crippen LogP contribution in [0.3, 0.4) is 0 Å². The van der Waals surface area contributed by atoms with Crippen molar-refractivity contribution in [1.29, 1.82) is 5.26 Å². The molecule has 0 aliphatic carbocycles. The minimum atomic E-state index is -0.404. The summed E-state index contributed by atoms with van der Waals surface area (Å²) in [4.78, 5) is 12.7. The molecule has 124 valence electrons. The molecule has 6 heteroatoms. The Balaban J connectivity index is 2.47. The van der Waals surface area contributed by atoms with Crippen LogP contribution in [0.5, 0.6) is 11.5 Å². The van der Waals surface area contributed by atoms with Crippen LogP contribution in [0.1, 0.15) is 28.4 Å². The molecule has 0 spiro atoms. The first-order valence-electron chi connectivity index (χ1n) is 7.33. The average molecular weight is 345 g/mol. The van der Waals surface area contributed by atoms with E-state index in [0.717, 1.165) is 5.56 Å². The Labute approximate surface area is 145 Å². The third-order valence-corrected chi connectivity index (χ3v) is 3.86. The number of ether oxygens (including phenoxy) is 2. The van der Waals surface area contributed by atoms with Crippen molar-refractivity contribution in [3.63, 3.8) is 0 Å². The zero-order valence-corrected chi connectivity index (χ0v) is 14.4. The van der Waals surface area contributed by atoms with Crippen molar-refractivity contribution >= 4 is 23.2 Å². The molecule has 0 saturated heterocycles. The van der Waals surface area contributed by atoms with Crippen molar-refractivity contribution in [2.45, 2.75) is 13.8 Å². The smallest absolute Gasteiger partial charge is 0.259 e. The Morgan fingerprint density at radius 1 is 1.38 bits per heavy atom. The summed E-state index contributed by atoms with van der Waals surface area (Å²) in [5.41, 5.74) is 1.89. The number of nitrogens with one attached hydrogen (secondary N) is 1. The Morgan fingerprint density at radius 3 is 2.75 bits per heavy atom. The van der Waals surface area contributed by atoms with Gasteiger partial charge in [-0.2, -0.15) is 5.26 Å². The number of nitriles is 1. The number of nitrogens with zero attached hydrogens (tertiary/aromatic N) is 1. The fraction of sp³-hybridized carbons (Fsp3) is 0.222. The number of rotatable bonds is 5. The molecule has 0 aromatic heterocycles. The molecule has 0 fully saturated rings. The highest BCUT2D eigenvalue weighted by molar-refractivity contribution is 6.31. The lowest BCUT2D eigenvalue weighted by Gasteiger charge is -2.15. The van der Waals surface area contributed by atoms with E-state index in [1.807, 2.05) is 13.0 Å². The second-order valence-corrected chi connectivity index (χ2v) is 5.37. The minimum Gasteiger partial charge on any atom is -0.493 e. The van der Waals surface area contributed by atoms with Crippen molar-refractivity contribution in [3.05, 3.63) is 52.0 Å². The Bertz CT molecular complexity index is 813. The largest absolute Gasteiger partial charge is 0.493 e. The van der Waals surface area contributed by atoms with E-state index in [1.165, 1.54) is 19.2 Å². The summed E-state index contributed by atoms with van der Waals surface area (Å²) in [5, 5.41) is 12.5. The second-order valence-electron chi connectivity index (χ2n) is 4.97. The zero-order valence-electron chi connectivity index (χ0n) is 13.6. The molecule has 0 radical (unpaired) electrons. The Hall–Kier alpha value is -2.71. The molecule has 0 bridgehead atoms. The summed E-state index contributed by atoms with van der Waals surface area (Å²) in [6, 6.07) is 10.3. The lowest BCUT2D eigenvalue weighted by Crippen LogP contribution is -2.15. The monoisotopic (exact) mass is 344 g/mol. The maximum Gasteiger partial charge on any atom is 0.259 e. The van der Waals surface area contributed by atoms with E-state index < -0.39 is 5.91 Å². The number of carbonyl (C=O) groups excluding carboxylic acids is 1. The molecule has 24 heavy (non-hydrogen) atoms. The van der Waals surface area contributed by atoms with Gasteiger partial charge in [-0.15, -0.1) is 0 Å². The van der Waals surface area contributed by atoms with Gasteiger partial charge in [0.05, 0.1) is 30.9 Å². The van der Waals surface area contributed by atoms with Gasteiger partial charge in [0.2, 0.25) is 0 Å². The van der Waals surface area contributed by atoms with Crippen molar-refractivity contribution in [3.8, 4) is 17.6 Å². The summed E-state index contributed by atoms with van der Waals surface area (Å²) in [5.74, 6) is 0.235. The van der Waals surface area contributed by atoms with E-state index in [1.54, 1.807) is 25.1 Å². The fourth-order valence-electron chi connectivity index (χ4n) is 2.21. The molecule has 0 aliphatic rings. The Morgan fingerprint density at radius 2 is 2.12 bits per heavy atom. The number of hydrogen-bond donors (Lipinski definition) is 1. The first-order valence-corrected chi connectivity index (χ1v) is 7.71. The van der Waals surface area contributed by atoms with Crippen LogP contribution in [0, 0.1) is 18.3 Å². The van der Waals surface area contributed by atoms with Crippen molar-refractivity contribution in [2.75, 3.05) is 19.0 Å². The van der Waals surface area contributed by atoms with Gasteiger partial charge in [-0.1, -0.05) is 17.7 Å². The summed E-state index contributed by atoms with van der Waals surface area (Å²) in [6.07, 6.45) is 0. The van der Waals surface area contributed by atoms with Gasteiger partial charge in [0, 0.05) is 16.8 Å². The molecule has 0 saturated carbocycles. The Kier molecular flexibility index (Phi) is 5.67. The van der Waals surface area contributed by atoms with Gasteiger partial charge in [-0.3, -0.25) is 4.79 Å². The summed E-state index contributed by atoms with van der Waals surface area (Å²) < 4.78 is 10.8. The van der Waals surface area contributed by atoms with Crippen LogP contribution in [0.4, 0.5) is 5.69 Å². The highest BCUT2D eigenvalue weighted by Gasteiger charge is 2.20. The minimum absolute atomic E-state index is 0.229. The molecule has 0 aliphatic heterocycles. The van der Waals surface area contributed by atoms with Gasteiger partial charge in [0.1, 0.15) is 0 Å². The summed E-state index contributed by atoms with van der Waals surface area (Å²) in [7, 11) is 1.46. The second kappa shape index (κ2) is 7.71. The molecule has 0 unspecified atom stereocenters. The molecule has 2 aromatic carbocycles. The number of hydrogen-bond acceptors (Lipinski definition) is 4. The fourth-order valence-corrected chi connectivity index (χ4v) is 2.39. The number of amides is 1. The van der Waals surface area contributed by atoms with Gasteiger partial charge in [0.25, 0.3) is 5.91 Å². The predicted octanol–water partition coefficient (Wildman–Crippen LogP) is 4.18. The molecule has 2 aromatic rings. The van der Waals surface area contributed by atoms with Crippen LogP contribution < -0.4 is 14.8 Å². The summed E-state index contributed by atoms with van der Waals surface area (Å²) in [6.45, 7) is 3.98. The highest BCUT2D eigenvalue weighted by Crippen LogP contribution is 2.34. The first-order chi connectivity index (χ1) is 11.5. The van der Waals surface area contributed by atoms with Crippen molar-refractivity contribution in [2.24, 2.45) is 0 Å². The summed E-state index contributed by atoms with van der Waals surface area (Å²) >= 11 is 6.08. The number of anilines is 1. The van der Waals surface area contributed by atoms with Crippen LogP contribution in [0.15, 0.2) is 30.3 Å². The molecule has 0 atom stereocenters. The SMILES string of the molecule is CCOc1c(OC)cc(C#N)cc1C(=O)Nc1cccc(Cl)c1C. The topological polar surface area (TPSA) is 71.3 Å². The zero-order chi connectivity index (χ0) is 17.7. The standard InChI is InChI=1S/C18H17ClN2O3/c1-4-24-17-13(8-12(10-20)9-16(17)23-3)18(22)21-15-7-5-6-14(19)11(15)2/h5-9H,4H2,1-3H3,(H,21,22). The van der Waals surface area contributed by atoms with Crippen LogP contribution in [0.2, 0.25) is 5.02 Å². The number of halogens is 1. The molecule has 5 nitrogen and oxygen atoms in total. The van der Waals surface area contributed by atoms with E-state index in [9.17, 15) is 4.79 Å². The highest BCUT2D eigenvalue weighted by atomic mass is 35.5. The lowest BCUT2D eigenvalue weighted by atomic mass is 10.1. The van der Waals surface area contributed by atoms with E-state index in [4.69, 9.17) is 26.3 Å². The van der Waals surface area contributed by atoms with Crippen LogP contribution in [0.25, 0.3) is 0 Å². The number of benzene rings is 2.